The van der Waals surface area contributed by atoms with Gasteiger partial charge in [0.05, 0.1) is 23.8 Å². The average Bonchev–Trinajstić information content (AvgIpc) is 3.25. The minimum Gasteiger partial charge on any atom is -0.457 e. The van der Waals surface area contributed by atoms with Crippen molar-refractivity contribution in [2.75, 3.05) is 4.90 Å². The Morgan fingerprint density at radius 3 is 2.58 bits per heavy atom. The summed E-state index contributed by atoms with van der Waals surface area (Å²) in [6.45, 7) is 1.96. The molecule has 2 aromatic rings. The maximum absolute atomic E-state index is 12.8. The third kappa shape index (κ3) is 2.63. The van der Waals surface area contributed by atoms with Gasteiger partial charge < -0.3 is 9.15 Å². The zero-order valence-electron chi connectivity index (χ0n) is 14.1. The summed E-state index contributed by atoms with van der Waals surface area (Å²) in [5.41, 5.74) is 0.486. The highest BCUT2D eigenvalue weighted by atomic mass is 16.5. The molecular weight excluding hydrogens is 334 g/mol. The summed E-state index contributed by atoms with van der Waals surface area (Å²) >= 11 is 0. The van der Waals surface area contributed by atoms with Crippen LogP contribution < -0.4 is 9.64 Å². The first-order valence-electron chi connectivity index (χ1n) is 8.46. The van der Waals surface area contributed by atoms with Gasteiger partial charge in [-0.15, -0.1) is 0 Å². The molecule has 1 aliphatic heterocycles. The van der Waals surface area contributed by atoms with Crippen LogP contribution in [0.4, 0.5) is 5.69 Å². The number of ether oxygens (including phenoxy) is 1. The summed E-state index contributed by atoms with van der Waals surface area (Å²) in [7, 11) is 0. The second-order valence-electron chi connectivity index (χ2n) is 6.53. The number of hydrogen-bond acceptors (Lipinski definition) is 5. The number of imide groups is 1. The SMILES string of the molecule is C[C@H]1C=CC[C@@H]2C(=O)N(c3ccc(OC(=O)c4ccco4)cc3)C(=O)[C@@H]21. The van der Waals surface area contributed by atoms with Crippen LogP contribution >= 0.6 is 0 Å². The number of esters is 1. The number of amides is 2. The van der Waals surface area contributed by atoms with E-state index in [1.165, 1.54) is 17.2 Å². The van der Waals surface area contributed by atoms with E-state index in [2.05, 4.69) is 0 Å². The molecule has 4 rings (SSSR count). The van der Waals surface area contributed by atoms with Gasteiger partial charge in [0.1, 0.15) is 5.75 Å². The van der Waals surface area contributed by atoms with Crippen LogP contribution in [0.25, 0.3) is 0 Å². The summed E-state index contributed by atoms with van der Waals surface area (Å²) in [5.74, 6) is -1.09. The predicted octanol–water partition coefficient (Wildman–Crippen LogP) is 3.20. The minimum atomic E-state index is -0.609. The van der Waals surface area contributed by atoms with Crippen LogP contribution in [0.15, 0.2) is 59.2 Å². The lowest BCUT2D eigenvalue weighted by Gasteiger charge is -2.22. The molecule has 2 aliphatic rings. The number of furan rings is 1. The monoisotopic (exact) mass is 351 g/mol. The normalized spacial score (nSPS) is 24.7. The average molecular weight is 351 g/mol. The van der Waals surface area contributed by atoms with Crippen molar-refractivity contribution >= 4 is 23.5 Å². The van der Waals surface area contributed by atoms with Crippen LogP contribution in [0.3, 0.4) is 0 Å². The van der Waals surface area contributed by atoms with E-state index in [1.807, 2.05) is 19.1 Å². The van der Waals surface area contributed by atoms with Gasteiger partial charge in [-0.3, -0.25) is 14.5 Å². The van der Waals surface area contributed by atoms with E-state index in [0.717, 1.165) is 0 Å². The molecule has 0 radical (unpaired) electrons. The Kier molecular flexibility index (Phi) is 3.95. The molecule has 26 heavy (non-hydrogen) atoms. The molecule has 0 spiro atoms. The van der Waals surface area contributed by atoms with Crippen LogP contribution in [0.5, 0.6) is 5.75 Å². The van der Waals surface area contributed by atoms with Crippen LogP contribution in [0.1, 0.15) is 23.9 Å². The number of allylic oxidation sites excluding steroid dienone is 2. The molecule has 0 N–H and O–H groups in total. The number of hydrogen-bond donors (Lipinski definition) is 0. The Morgan fingerprint density at radius 2 is 1.92 bits per heavy atom. The smallest absolute Gasteiger partial charge is 0.379 e. The maximum Gasteiger partial charge on any atom is 0.379 e. The topological polar surface area (TPSA) is 76.8 Å². The van der Waals surface area contributed by atoms with Gasteiger partial charge in [0.25, 0.3) is 0 Å². The molecule has 0 bridgehead atoms. The summed E-state index contributed by atoms with van der Waals surface area (Å²) in [5, 5.41) is 0. The van der Waals surface area contributed by atoms with Gasteiger partial charge in [-0.1, -0.05) is 19.1 Å². The Balaban J connectivity index is 1.53. The summed E-state index contributed by atoms with van der Waals surface area (Å²) in [6.07, 6.45) is 5.94. The number of carbonyl (C=O) groups excluding carboxylic acids is 3. The Morgan fingerprint density at radius 1 is 1.15 bits per heavy atom. The Bertz CT molecular complexity index is 881. The molecule has 6 nitrogen and oxygen atoms in total. The Hall–Kier alpha value is -3.15. The first kappa shape index (κ1) is 16.3. The van der Waals surface area contributed by atoms with Crippen molar-refractivity contribution in [2.24, 2.45) is 17.8 Å². The fourth-order valence-electron chi connectivity index (χ4n) is 3.62. The fraction of sp³-hybridized carbons (Fsp3) is 0.250. The second kappa shape index (κ2) is 6.29. The van der Waals surface area contributed by atoms with Gasteiger partial charge in [-0.25, -0.2) is 4.79 Å². The number of fused-ring (bicyclic) bond motifs is 1. The van der Waals surface area contributed by atoms with Crippen LogP contribution in [-0.4, -0.2) is 17.8 Å². The third-order valence-electron chi connectivity index (χ3n) is 4.90. The van der Waals surface area contributed by atoms with Crippen molar-refractivity contribution in [3.8, 4) is 5.75 Å². The van der Waals surface area contributed by atoms with E-state index >= 15 is 0 Å². The quantitative estimate of drug-likeness (QED) is 0.367. The number of rotatable bonds is 3. The summed E-state index contributed by atoms with van der Waals surface area (Å²) in [4.78, 5) is 38.6. The van der Waals surface area contributed by atoms with Gasteiger partial charge in [0.2, 0.25) is 17.6 Å². The van der Waals surface area contributed by atoms with Gasteiger partial charge in [0, 0.05) is 0 Å². The zero-order valence-corrected chi connectivity index (χ0v) is 14.1. The highest BCUT2D eigenvalue weighted by Gasteiger charge is 2.50. The molecule has 1 aromatic carbocycles. The van der Waals surface area contributed by atoms with Gasteiger partial charge >= 0.3 is 5.97 Å². The lowest BCUT2D eigenvalue weighted by atomic mass is 9.78. The number of nitrogens with zero attached hydrogens (tertiary/aromatic N) is 1. The van der Waals surface area contributed by atoms with E-state index < -0.39 is 5.97 Å². The van der Waals surface area contributed by atoms with Crippen molar-refractivity contribution in [2.45, 2.75) is 13.3 Å². The zero-order chi connectivity index (χ0) is 18.3. The van der Waals surface area contributed by atoms with Crippen molar-refractivity contribution in [3.05, 3.63) is 60.6 Å². The van der Waals surface area contributed by atoms with E-state index in [0.29, 0.717) is 17.9 Å². The predicted molar refractivity (Wildman–Crippen MR) is 92.5 cm³/mol. The number of carbonyl (C=O) groups is 3. The van der Waals surface area contributed by atoms with Crippen LogP contribution in [0, 0.1) is 17.8 Å². The standard InChI is InChI=1S/C20H17NO5/c1-12-4-2-5-15-17(12)19(23)21(18(15)22)13-7-9-14(10-8-13)26-20(24)16-6-3-11-25-16/h2-4,6-12,15,17H,5H2,1H3/t12-,15-,17+/m0/s1. The lowest BCUT2D eigenvalue weighted by molar-refractivity contribution is -0.122. The van der Waals surface area contributed by atoms with Crippen molar-refractivity contribution in [1.29, 1.82) is 0 Å². The van der Waals surface area contributed by atoms with Crippen LogP contribution in [0.2, 0.25) is 0 Å². The molecule has 2 heterocycles. The first-order chi connectivity index (χ1) is 12.6. The highest BCUT2D eigenvalue weighted by Crippen LogP contribution is 2.40. The molecule has 0 unspecified atom stereocenters. The molecule has 0 saturated carbocycles. The van der Waals surface area contributed by atoms with E-state index in [-0.39, 0.29) is 35.3 Å². The van der Waals surface area contributed by atoms with Crippen LogP contribution in [-0.2, 0) is 9.59 Å². The first-order valence-corrected chi connectivity index (χ1v) is 8.46. The summed E-state index contributed by atoms with van der Waals surface area (Å²) < 4.78 is 10.2. The van der Waals surface area contributed by atoms with Crippen molar-refractivity contribution in [3.63, 3.8) is 0 Å². The highest BCUT2D eigenvalue weighted by molar-refractivity contribution is 6.22. The van der Waals surface area contributed by atoms with Gasteiger partial charge in [-0.2, -0.15) is 0 Å². The number of benzene rings is 1. The molecule has 2 amide bonds. The molecule has 3 atom stereocenters. The molecule has 1 saturated heterocycles. The molecular formula is C20H17NO5. The van der Waals surface area contributed by atoms with Gasteiger partial charge in [0.15, 0.2) is 0 Å². The molecule has 1 aliphatic carbocycles. The minimum absolute atomic E-state index is 0.0451. The second-order valence-corrected chi connectivity index (χ2v) is 6.53. The molecule has 1 fully saturated rings. The van der Waals surface area contributed by atoms with E-state index in [4.69, 9.17) is 9.15 Å². The van der Waals surface area contributed by atoms with Crippen molar-refractivity contribution < 1.29 is 23.5 Å². The Labute approximate surface area is 150 Å². The fourth-order valence-corrected chi connectivity index (χ4v) is 3.62. The molecule has 6 heteroatoms. The largest absolute Gasteiger partial charge is 0.457 e. The van der Waals surface area contributed by atoms with E-state index in [9.17, 15) is 14.4 Å². The van der Waals surface area contributed by atoms with E-state index in [1.54, 1.807) is 30.3 Å². The van der Waals surface area contributed by atoms with Crippen molar-refractivity contribution in [1.82, 2.24) is 0 Å². The molecule has 132 valence electrons. The lowest BCUT2D eigenvalue weighted by Crippen LogP contribution is -2.31. The maximum atomic E-state index is 12.8. The third-order valence-corrected chi connectivity index (χ3v) is 4.90. The number of anilines is 1. The summed E-state index contributed by atoms with van der Waals surface area (Å²) in [6, 6.07) is 9.43. The molecule has 1 aromatic heterocycles. The van der Waals surface area contributed by atoms with Gasteiger partial charge in [-0.05, 0) is 48.7 Å².